The molecule has 0 radical (unpaired) electrons. The minimum Gasteiger partial charge on any atom is -0.462 e. The minimum atomic E-state index is -0.582. The summed E-state index contributed by atoms with van der Waals surface area (Å²) in [5.74, 6) is -1.12. The molecule has 1 aromatic heterocycles. The van der Waals surface area contributed by atoms with Crippen LogP contribution in [-0.4, -0.2) is 30.1 Å². The van der Waals surface area contributed by atoms with Gasteiger partial charge < -0.3 is 9.47 Å². The van der Waals surface area contributed by atoms with Crippen molar-refractivity contribution >= 4 is 11.9 Å². The van der Waals surface area contributed by atoms with Crippen LogP contribution in [0.2, 0.25) is 0 Å². The maximum atomic E-state index is 11.9. The number of rotatable bonds is 8. The predicted octanol–water partition coefficient (Wildman–Crippen LogP) is 3.00. The molecule has 0 aromatic carbocycles. The molecule has 1 rings (SSSR count). The maximum Gasteiger partial charge on any atom is 0.357 e. The van der Waals surface area contributed by atoms with Gasteiger partial charge in [0.05, 0.1) is 18.8 Å². The SMILES string of the molecule is CCCCOC(=O)c1cccnc1C(=O)OCCCC. The highest BCUT2D eigenvalue weighted by Crippen LogP contribution is 2.10. The van der Waals surface area contributed by atoms with Crippen LogP contribution in [-0.2, 0) is 9.47 Å². The second-order valence-corrected chi connectivity index (χ2v) is 4.38. The first-order chi connectivity index (χ1) is 9.70. The third-order valence-corrected chi connectivity index (χ3v) is 2.68. The number of carbonyl (C=O) groups is 2. The molecule has 20 heavy (non-hydrogen) atoms. The Morgan fingerprint density at radius 2 is 1.65 bits per heavy atom. The molecular formula is C15H21NO4. The third-order valence-electron chi connectivity index (χ3n) is 2.68. The first kappa shape index (κ1) is 16.1. The monoisotopic (exact) mass is 279 g/mol. The molecule has 0 atom stereocenters. The summed E-state index contributed by atoms with van der Waals surface area (Å²) >= 11 is 0. The Bertz CT molecular complexity index is 404. The van der Waals surface area contributed by atoms with Crippen molar-refractivity contribution in [2.24, 2.45) is 0 Å². The first-order valence-corrected chi connectivity index (χ1v) is 7.00. The van der Waals surface area contributed by atoms with Gasteiger partial charge in [-0.1, -0.05) is 26.7 Å². The molecule has 0 saturated carbocycles. The zero-order valence-corrected chi connectivity index (χ0v) is 12.1. The van der Waals surface area contributed by atoms with E-state index in [1.807, 2.05) is 13.8 Å². The third kappa shape index (κ3) is 4.99. The van der Waals surface area contributed by atoms with Crippen molar-refractivity contribution in [3.05, 3.63) is 29.6 Å². The summed E-state index contributed by atoms with van der Waals surface area (Å²) in [6, 6.07) is 3.12. The van der Waals surface area contributed by atoms with Crippen LogP contribution in [0.5, 0.6) is 0 Å². The lowest BCUT2D eigenvalue weighted by Gasteiger charge is -2.08. The number of carbonyl (C=O) groups excluding carboxylic acids is 2. The van der Waals surface area contributed by atoms with Gasteiger partial charge in [0.1, 0.15) is 0 Å². The molecule has 110 valence electrons. The predicted molar refractivity (Wildman–Crippen MR) is 74.6 cm³/mol. The van der Waals surface area contributed by atoms with E-state index < -0.39 is 11.9 Å². The van der Waals surface area contributed by atoms with E-state index in [1.165, 1.54) is 12.3 Å². The molecule has 1 aromatic rings. The van der Waals surface area contributed by atoms with E-state index in [0.29, 0.717) is 13.2 Å². The fourth-order valence-electron chi connectivity index (χ4n) is 1.50. The number of pyridine rings is 1. The Kier molecular flexibility index (Phi) is 7.32. The van der Waals surface area contributed by atoms with Crippen LogP contribution in [0, 0.1) is 0 Å². The molecular weight excluding hydrogens is 258 g/mol. The lowest BCUT2D eigenvalue weighted by atomic mass is 10.2. The number of hydrogen-bond acceptors (Lipinski definition) is 5. The van der Waals surface area contributed by atoms with Gasteiger partial charge in [0.2, 0.25) is 0 Å². The fraction of sp³-hybridized carbons (Fsp3) is 0.533. The number of esters is 2. The minimum absolute atomic E-state index is 0.0186. The summed E-state index contributed by atoms with van der Waals surface area (Å²) in [6.07, 6.45) is 4.91. The average Bonchev–Trinajstić information content (AvgIpc) is 2.47. The summed E-state index contributed by atoms with van der Waals surface area (Å²) in [5.41, 5.74) is 0.176. The van der Waals surface area contributed by atoms with Gasteiger partial charge in [0.15, 0.2) is 5.69 Å². The fourth-order valence-corrected chi connectivity index (χ4v) is 1.50. The molecule has 0 saturated heterocycles. The Hall–Kier alpha value is -1.91. The van der Waals surface area contributed by atoms with Gasteiger partial charge in [0.25, 0.3) is 0 Å². The van der Waals surface area contributed by atoms with Crippen molar-refractivity contribution in [3.63, 3.8) is 0 Å². The van der Waals surface area contributed by atoms with Crippen LogP contribution in [0.3, 0.4) is 0 Å². The Labute approximate surface area is 119 Å². The summed E-state index contributed by atoms with van der Waals surface area (Å²) < 4.78 is 10.2. The van der Waals surface area contributed by atoms with Gasteiger partial charge in [-0.05, 0) is 25.0 Å². The molecule has 5 heteroatoms. The number of unbranched alkanes of at least 4 members (excludes halogenated alkanes) is 2. The van der Waals surface area contributed by atoms with E-state index in [-0.39, 0.29) is 11.3 Å². The van der Waals surface area contributed by atoms with Gasteiger partial charge >= 0.3 is 11.9 Å². The molecule has 0 spiro atoms. The maximum absolute atomic E-state index is 11.9. The van der Waals surface area contributed by atoms with Crippen molar-refractivity contribution in [3.8, 4) is 0 Å². The standard InChI is InChI=1S/C15H21NO4/c1-3-5-10-19-14(17)12-8-7-9-16-13(12)15(18)20-11-6-4-2/h7-9H,3-6,10-11H2,1-2H3. The van der Waals surface area contributed by atoms with Gasteiger partial charge in [-0.15, -0.1) is 0 Å². The lowest BCUT2D eigenvalue weighted by molar-refractivity contribution is 0.0446. The Balaban J connectivity index is 2.71. The van der Waals surface area contributed by atoms with Crippen LogP contribution in [0.25, 0.3) is 0 Å². The van der Waals surface area contributed by atoms with Crippen molar-refractivity contribution in [1.29, 1.82) is 0 Å². The molecule has 5 nitrogen and oxygen atoms in total. The smallest absolute Gasteiger partial charge is 0.357 e. The van der Waals surface area contributed by atoms with Gasteiger partial charge in [-0.2, -0.15) is 0 Å². The topological polar surface area (TPSA) is 65.5 Å². The van der Waals surface area contributed by atoms with E-state index in [4.69, 9.17) is 9.47 Å². The van der Waals surface area contributed by atoms with E-state index >= 15 is 0 Å². The first-order valence-electron chi connectivity index (χ1n) is 7.00. The van der Waals surface area contributed by atoms with E-state index in [2.05, 4.69) is 4.98 Å². The molecule has 0 unspecified atom stereocenters. The highest BCUT2D eigenvalue weighted by atomic mass is 16.5. The molecule has 0 fully saturated rings. The second-order valence-electron chi connectivity index (χ2n) is 4.38. The molecule has 0 aliphatic carbocycles. The second kappa shape index (κ2) is 9.07. The van der Waals surface area contributed by atoms with Gasteiger partial charge in [-0.25, -0.2) is 14.6 Å². The molecule has 0 amide bonds. The number of nitrogens with zero attached hydrogens (tertiary/aromatic N) is 1. The van der Waals surface area contributed by atoms with Crippen LogP contribution < -0.4 is 0 Å². The van der Waals surface area contributed by atoms with E-state index in [1.54, 1.807) is 6.07 Å². The van der Waals surface area contributed by atoms with Gasteiger partial charge in [0, 0.05) is 6.20 Å². The van der Waals surface area contributed by atoms with Crippen molar-refractivity contribution in [1.82, 2.24) is 4.98 Å². The number of ether oxygens (including phenoxy) is 2. The highest BCUT2D eigenvalue weighted by molar-refractivity contribution is 6.01. The van der Waals surface area contributed by atoms with Crippen molar-refractivity contribution in [2.45, 2.75) is 39.5 Å². The highest BCUT2D eigenvalue weighted by Gasteiger charge is 2.20. The Morgan fingerprint density at radius 1 is 1.05 bits per heavy atom. The normalized spacial score (nSPS) is 10.1. The van der Waals surface area contributed by atoms with Crippen LogP contribution in [0.15, 0.2) is 18.3 Å². The van der Waals surface area contributed by atoms with Crippen molar-refractivity contribution < 1.29 is 19.1 Å². The zero-order valence-electron chi connectivity index (χ0n) is 12.1. The van der Waals surface area contributed by atoms with Crippen molar-refractivity contribution in [2.75, 3.05) is 13.2 Å². The largest absolute Gasteiger partial charge is 0.462 e. The molecule has 0 aliphatic rings. The number of hydrogen-bond donors (Lipinski definition) is 0. The molecule has 0 bridgehead atoms. The summed E-state index contributed by atoms with van der Waals surface area (Å²) in [4.78, 5) is 27.7. The molecule has 1 heterocycles. The number of aromatic nitrogens is 1. The molecule has 0 N–H and O–H groups in total. The van der Waals surface area contributed by atoms with E-state index in [0.717, 1.165) is 25.7 Å². The Morgan fingerprint density at radius 3 is 2.25 bits per heavy atom. The van der Waals surface area contributed by atoms with Gasteiger partial charge in [-0.3, -0.25) is 0 Å². The summed E-state index contributed by atoms with van der Waals surface area (Å²) in [7, 11) is 0. The summed E-state index contributed by atoms with van der Waals surface area (Å²) in [5, 5.41) is 0. The zero-order chi connectivity index (χ0) is 14.8. The van der Waals surface area contributed by atoms with E-state index in [9.17, 15) is 9.59 Å². The molecule has 0 aliphatic heterocycles. The summed E-state index contributed by atoms with van der Waals surface area (Å²) in [6.45, 7) is 4.68. The quantitative estimate of drug-likeness (QED) is 0.540. The van der Waals surface area contributed by atoms with Crippen LogP contribution >= 0.6 is 0 Å². The lowest BCUT2D eigenvalue weighted by Crippen LogP contribution is -2.16. The van der Waals surface area contributed by atoms with Crippen LogP contribution in [0.1, 0.15) is 60.4 Å². The van der Waals surface area contributed by atoms with Crippen LogP contribution in [0.4, 0.5) is 0 Å². The average molecular weight is 279 g/mol.